The maximum atomic E-state index is 12.8. The summed E-state index contributed by atoms with van der Waals surface area (Å²) in [5.41, 5.74) is 1.17. The molecule has 0 heterocycles. The Labute approximate surface area is 279 Å². The van der Waals surface area contributed by atoms with Gasteiger partial charge in [0.25, 0.3) is 11.8 Å². The van der Waals surface area contributed by atoms with Crippen LogP contribution in [-0.2, 0) is 9.59 Å². The first-order valence-corrected chi connectivity index (χ1v) is 14.8. The van der Waals surface area contributed by atoms with Crippen LogP contribution in [0.25, 0.3) is 9.69 Å². The number of hydrogen-bond donors (Lipinski definition) is 4. The van der Waals surface area contributed by atoms with Crippen molar-refractivity contribution in [2.24, 2.45) is 0 Å². The number of halogens is 1. The summed E-state index contributed by atoms with van der Waals surface area (Å²) in [6.07, 6.45) is 0. The number of hydrogen-bond acceptors (Lipinski definition) is 6. The van der Waals surface area contributed by atoms with E-state index in [1.807, 2.05) is 19.1 Å². The number of aryl methyl sites for hydroxylation is 3. The number of rotatable bonds is 10. The summed E-state index contributed by atoms with van der Waals surface area (Å²) in [6.45, 7) is 21.8. The van der Waals surface area contributed by atoms with Crippen LogP contribution in [0.2, 0.25) is 0 Å². The van der Waals surface area contributed by atoms with Gasteiger partial charge in [0.15, 0.2) is 22.6 Å². The molecule has 0 aliphatic rings. The number of carbonyl (C=O) groups excluding carboxylic acids is 2. The molecule has 248 valence electrons. The van der Waals surface area contributed by atoms with E-state index in [1.165, 1.54) is 38.1 Å². The minimum absolute atomic E-state index is 0.166. The van der Waals surface area contributed by atoms with Crippen molar-refractivity contribution in [3.63, 3.8) is 0 Å². The molecule has 0 saturated carbocycles. The molecular weight excluding hydrogens is 615 g/mol. The lowest BCUT2D eigenvalue weighted by Crippen LogP contribution is -2.45. The van der Waals surface area contributed by atoms with E-state index >= 15 is 0 Å². The van der Waals surface area contributed by atoms with Gasteiger partial charge in [-0.25, -0.2) is 14.1 Å². The fourth-order valence-corrected chi connectivity index (χ4v) is 3.99. The lowest BCUT2D eigenvalue weighted by Gasteiger charge is -2.22. The van der Waals surface area contributed by atoms with E-state index < -0.39 is 28.8 Å². The lowest BCUT2D eigenvalue weighted by atomic mass is 10.1. The van der Waals surface area contributed by atoms with Crippen LogP contribution in [0.15, 0.2) is 84.9 Å². The van der Waals surface area contributed by atoms with Crippen LogP contribution >= 0.6 is 0 Å². The first-order valence-electron chi connectivity index (χ1n) is 14.8. The van der Waals surface area contributed by atoms with E-state index in [0.29, 0.717) is 34.2 Å². The average molecular weight is 653 g/mol. The molecule has 0 bridgehead atoms. The van der Waals surface area contributed by atoms with Crippen LogP contribution in [0, 0.1) is 39.7 Å². The van der Waals surface area contributed by atoms with E-state index in [9.17, 15) is 24.2 Å². The predicted molar refractivity (Wildman–Crippen MR) is 182 cm³/mol. The van der Waals surface area contributed by atoms with Gasteiger partial charge in [0.2, 0.25) is 0 Å². The van der Waals surface area contributed by atoms with Crippen LogP contribution in [0.3, 0.4) is 0 Å². The monoisotopic (exact) mass is 652 g/mol. The van der Waals surface area contributed by atoms with Gasteiger partial charge in [0.1, 0.15) is 30.5 Å². The molecule has 2 atom stereocenters. The summed E-state index contributed by atoms with van der Waals surface area (Å²) in [4.78, 5) is 31.2. The van der Waals surface area contributed by atoms with Crippen LogP contribution in [0.4, 0.5) is 27.1 Å². The van der Waals surface area contributed by atoms with Crippen molar-refractivity contribution >= 4 is 34.6 Å². The Hall–Kier alpha value is -5.75. The molecule has 4 aromatic carbocycles. The predicted octanol–water partition coefficient (Wildman–Crippen LogP) is 7.08. The Balaban J connectivity index is 0.000000260. The summed E-state index contributed by atoms with van der Waals surface area (Å²) in [5, 5.41) is 25.9. The number of nitrogens with one attached hydrogen (secondary N) is 2. The second-order valence-corrected chi connectivity index (χ2v) is 11.5. The third-order valence-corrected chi connectivity index (χ3v) is 7.00. The van der Waals surface area contributed by atoms with Gasteiger partial charge in [0, 0.05) is 11.4 Å². The van der Waals surface area contributed by atoms with E-state index in [4.69, 9.17) is 22.6 Å². The number of anilines is 2. The number of aliphatic hydroxyl groups is 2. The standard InChI is InChI=1S/C19H20N2O3.C18H17FN2O3/c1-13-5-8-16(9-6-13)24-12-19(3,23)18(22)21-15-7-10-17(20-4)14(2)11-15;1-12-10-14(6-9-16(12)20-3)21-17(22)18(2,23)11-24-15-7-4-13(19)5-8-15/h5-11,23H,12H2,1-3H3,(H,21,22);4-10,23H,11H2,1-2H3,(H,21,22)/t19-;18-/m00/s1. The molecule has 11 heteroatoms. The molecule has 0 aliphatic carbocycles. The zero-order chi connectivity index (χ0) is 35.5. The normalized spacial score (nSPS) is 12.8. The van der Waals surface area contributed by atoms with Crippen molar-refractivity contribution in [1.29, 1.82) is 0 Å². The van der Waals surface area contributed by atoms with E-state index in [-0.39, 0.29) is 13.2 Å². The van der Waals surface area contributed by atoms with Gasteiger partial charge in [-0.3, -0.25) is 9.59 Å². The van der Waals surface area contributed by atoms with E-state index in [0.717, 1.165) is 16.7 Å². The number of amides is 2. The Morgan fingerprint density at radius 3 is 1.42 bits per heavy atom. The Morgan fingerprint density at radius 2 is 1.06 bits per heavy atom. The molecule has 10 nitrogen and oxygen atoms in total. The highest BCUT2D eigenvalue weighted by Gasteiger charge is 2.32. The van der Waals surface area contributed by atoms with Crippen molar-refractivity contribution in [2.45, 2.75) is 45.8 Å². The van der Waals surface area contributed by atoms with Crippen molar-refractivity contribution in [1.82, 2.24) is 0 Å². The smallest absolute Gasteiger partial charge is 0.259 e. The van der Waals surface area contributed by atoms with E-state index in [2.05, 4.69) is 20.3 Å². The Bertz CT molecular complexity index is 1690. The largest absolute Gasteiger partial charge is 0.490 e. The van der Waals surface area contributed by atoms with Crippen LogP contribution in [0.5, 0.6) is 11.5 Å². The maximum Gasteiger partial charge on any atom is 0.259 e. The maximum absolute atomic E-state index is 12.8. The third kappa shape index (κ3) is 10.7. The van der Waals surface area contributed by atoms with Crippen LogP contribution in [0.1, 0.15) is 30.5 Å². The fourth-order valence-electron chi connectivity index (χ4n) is 3.99. The minimum Gasteiger partial charge on any atom is -0.490 e. The Kier molecular flexibility index (Phi) is 12.4. The topological polar surface area (TPSA) is 126 Å². The quantitative estimate of drug-likeness (QED) is 0.136. The zero-order valence-electron chi connectivity index (χ0n) is 27.3. The molecule has 0 fully saturated rings. The SMILES string of the molecule is [C-]#[N+]c1ccc(NC(=O)[C@@](C)(O)COc2ccc(C)cc2)cc1C.[C-]#[N+]c1ccc(NC(=O)[C@@](C)(O)COc2ccc(F)cc2)cc1C. The number of carbonyl (C=O) groups is 2. The minimum atomic E-state index is -1.78. The molecule has 0 spiro atoms. The van der Waals surface area contributed by atoms with Gasteiger partial charge < -0.3 is 30.3 Å². The summed E-state index contributed by atoms with van der Waals surface area (Å²) in [7, 11) is 0. The van der Waals surface area contributed by atoms with Gasteiger partial charge in [-0.2, -0.15) is 0 Å². The van der Waals surface area contributed by atoms with Crippen molar-refractivity contribution < 1.29 is 33.7 Å². The average Bonchev–Trinajstić information content (AvgIpc) is 3.05. The third-order valence-electron chi connectivity index (χ3n) is 7.00. The van der Waals surface area contributed by atoms with Gasteiger partial charge >= 0.3 is 0 Å². The van der Waals surface area contributed by atoms with Gasteiger partial charge in [-0.15, -0.1) is 0 Å². The number of nitrogens with zero attached hydrogens (tertiary/aromatic N) is 2. The highest BCUT2D eigenvalue weighted by molar-refractivity contribution is 5.98. The van der Waals surface area contributed by atoms with Crippen molar-refractivity contribution in [3.8, 4) is 11.5 Å². The number of benzene rings is 4. The summed E-state index contributed by atoms with van der Waals surface area (Å²) < 4.78 is 23.7. The molecule has 0 saturated heterocycles. The van der Waals surface area contributed by atoms with Crippen LogP contribution in [-0.4, -0.2) is 46.4 Å². The second kappa shape index (κ2) is 16.2. The molecule has 0 aromatic heterocycles. The molecule has 0 radical (unpaired) electrons. The lowest BCUT2D eigenvalue weighted by molar-refractivity contribution is -0.135. The summed E-state index contributed by atoms with van der Waals surface area (Å²) in [5.74, 6) is -0.665. The molecule has 2 amide bonds. The van der Waals surface area contributed by atoms with Crippen molar-refractivity contribution in [2.75, 3.05) is 23.8 Å². The fraction of sp³-hybridized carbons (Fsp3) is 0.243. The Morgan fingerprint density at radius 1 is 0.688 bits per heavy atom. The first-order chi connectivity index (χ1) is 22.6. The summed E-state index contributed by atoms with van der Waals surface area (Å²) >= 11 is 0. The molecule has 48 heavy (non-hydrogen) atoms. The molecular formula is C37H37FN4O6. The highest BCUT2D eigenvalue weighted by Crippen LogP contribution is 2.25. The second-order valence-electron chi connectivity index (χ2n) is 11.5. The van der Waals surface area contributed by atoms with Crippen molar-refractivity contribution in [3.05, 3.63) is 130 Å². The first kappa shape index (κ1) is 36.7. The highest BCUT2D eigenvalue weighted by atomic mass is 19.1. The molecule has 4 rings (SSSR count). The van der Waals surface area contributed by atoms with E-state index in [1.54, 1.807) is 62.4 Å². The molecule has 0 aliphatic heterocycles. The summed E-state index contributed by atoms with van der Waals surface area (Å²) in [6, 6.07) is 22.5. The number of ether oxygens (including phenoxy) is 2. The molecule has 0 unspecified atom stereocenters. The van der Waals surface area contributed by atoms with Gasteiger partial charge in [0.05, 0.1) is 13.1 Å². The van der Waals surface area contributed by atoms with Crippen LogP contribution < -0.4 is 20.1 Å². The zero-order valence-corrected chi connectivity index (χ0v) is 27.3. The van der Waals surface area contributed by atoms with Gasteiger partial charge in [-0.05, 0) is 106 Å². The molecule has 4 aromatic rings. The van der Waals surface area contributed by atoms with Gasteiger partial charge in [-0.1, -0.05) is 29.8 Å². The molecule has 4 N–H and O–H groups in total.